The highest BCUT2D eigenvalue weighted by Gasteiger charge is 2.28. The normalized spacial score (nSPS) is 26.3. The number of hydrogen-bond donors (Lipinski definition) is 1. The minimum absolute atomic E-state index is 0.328. The quantitative estimate of drug-likeness (QED) is 0.879. The van der Waals surface area contributed by atoms with Crippen LogP contribution in [0.3, 0.4) is 0 Å². The number of aryl methyl sites for hydroxylation is 1. The van der Waals surface area contributed by atoms with Crippen molar-refractivity contribution in [3.8, 4) is 0 Å². The van der Waals surface area contributed by atoms with Gasteiger partial charge in [0.25, 0.3) is 0 Å². The summed E-state index contributed by atoms with van der Waals surface area (Å²) in [6, 6.07) is 2.06. The molecule has 100 valence electrons. The van der Waals surface area contributed by atoms with E-state index in [1.165, 1.54) is 12.8 Å². The van der Waals surface area contributed by atoms with Gasteiger partial charge in [-0.2, -0.15) is 0 Å². The molecule has 1 N–H and O–H groups in total. The molecule has 1 aromatic heterocycles. The van der Waals surface area contributed by atoms with Crippen molar-refractivity contribution in [2.45, 2.75) is 52.6 Å². The van der Waals surface area contributed by atoms with E-state index in [9.17, 15) is 5.11 Å². The van der Waals surface area contributed by atoms with E-state index in [1.807, 2.05) is 19.3 Å². The number of aliphatic hydroxyl groups excluding tert-OH is 1. The Labute approximate surface area is 110 Å². The molecular weight excluding hydrogens is 222 g/mol. The van der Waals surface area contributed by atoms with E-state index < -0.39 is 0 Å². The molecule has 0 aromatic carbocycles. The van der Waals surface area contributed by atoms with Gasteiger partial charge in [-0.15, -0.1) is 0 Å². The second-order valence-corrected chi connectivity index (χ2v) is 6.16. The van der Waals surface area contributed by atoms with Crippen molar-refractivity contribution in [3.63, 3.8) is 0 Å². The number of aromatic nitrogens is 1. The van der Waals surface area contributed by atoms with Gasteiger partial charge in [0.05, 0.1) is 6.10 Å². The first kappa shape index (κ1) is 13.5. The summed E-state index contributed by atoms with van der Waals surface area (Å²) in [6.45, 7) is 6.65. The van der Waals surface area contributed by atoms with Gasteiger partial charge in [-0.1, -0.05) is 19.9 Å². The Balaban J connectivity index is 1.97. The molecule has 0 saturated heterocycles. The van der Waals surface area contributed by atoms with E-state index in [-0.39, 0.29) is 6.10 Å². The van der Waals surface area contributed by atoms with Crippen LogP contribution in [0, 0.1) is 24.7 Å². The molecule has 1 fully saturated rings. The van der Waals surface area contributed by atoms with Gasteiger partial charge in [0.15, 0.2) is 0 Å². The average Bonchev–Trinajstić information content (AvgIpc) is 2.38. The lowest BCUT2D eigenvalue weighted by Crippen LogP contribution is -2.23. The summed E-state index contributed by atoms with van der Waals surface area (Å²) in [7, 11) is 0. The minimum Gasteiger partial charge on any atom is -0.388 e. The summed E-state index contributed by atoms with van der Waals surface area (Å²) in [5.74, 6) is 2.05. The predicted octanol–water partition coefficient (Wildman–Crippen LogP) is 3.89. The summed E-state index contributed by atoms with van der Waals surface area (Å²) < 4.78 is 0. The van der Waals surface area contributed by atoms with Crippen molar-refractivity contribution in [1.29, 1.82) is 0 Å². The predicted molar refractivity (Wildman–Crippen MR) is 74.2 cm³/mol. The van der Waals surface area contributed by atoms with E-state index in [1.54, 1.807) is 0 Å². The van der Waals surface area contributed by atoms with Gasteiger partial charge in [0.1, 0.15) is 0 Å². The fourth-order valence-electron chi connectivity index (χ4n) is 3.14. The lowest BCUT2D eigenvalue weighted by atomic mass is 9.74. The van der Waals surface area contributed by atoms with Gasteiger partial charge < -0.3 is 5.11 Å². The van der Waals surface area contributed by atoms with Crippen LogP contribution < -0.4 is 0 Å². The van der Waals surface area contributed by atoms with Crippen molar-refractivity contribution in [1.82, 2.24) is 4.98 Å². The van der Waals surface area contributed by atoms with Crippen molar-refractivity contribution in [2.24, 2.45) is 17.8 Å². The van der Waals surface area contributed by atoms with Crippen molar-refractivity contribution >= 4 is 0 Å². The summed E-state index contributed by atoms with van der Waals surface area (Å²) in [4.78, 5) is 4.18. The standard InChI is InChI=1S/C16H25NO/c1-11(2)13-4-6-14(7-5-13)16(18)15-8-12(3)9-17-10-15/h8-11,13-14,16,18H,4-7H2,1-3H3. The number of nitrogens with zero attached hydrogens (tertiary/aromatic N) is 1. The molecule has 2 rings (SSSR count). The molecule has 1 aliphatic carbocycles. The van der Waals surface area contributed by atoms with Crippen LogP contribution in [0.1, 0.15) is 56.8 Å². The molecule has 0 bridgehead atoms. The van der Waals surface area contributed by atoms with E-state index >= 15 is 0 Å². The summed E-state index contributed by atoms with van der Waals surface area (Å²) in [5.41, 5.74) is 2.12. The average molecular weight is 247 g/mol. The van der Waals surface area contributed by atoms with Crippen LogP contribution in [0.4, 0.5) is 0 Å². The fourth-order valence-corrected chi connectivity index (χ4v) is 3.14. The molecule has 18 heavy (non-hydrogen) atoms. The van der Waals surface area contributed by atoms with Gasteiger partial charge >= 0.3 is 0 Å². The van der Waals surface area contributed by atoms with Gasteiger partial charge in [-0.25, -0.2) is 0 Å². The Morgan fingerprint density at radius 3 is 2.28 bits per heavy atom. The zero-order chi connectivity index (χ0) is 13.1. The maximum atomic E-state index is 10.5. The molecule has 1 unspecified atom stereocenters. The van der Waals surface area contributed by atoms with Gasteiger partial charge in [0.2, 0.25) is 0 Å². The highest BCUT2D eigenvalue weighted by molar-refractivity contribution is 5.19. The molecular formula is C16H25NO. The van der Waals surface area contributed by atoms with Crippen LogP contribution in [-0.2, 0) is 0 Å². The SMILES string of the molecule is Cc1cncc(C(O)C2CCC(C(C)C)CC2)c1. The Kier molecular flexibility index (Phi) is 4.39. The maximum Gasteiger partial charge on any atom is 0.0833 e. The van der Waals surface area contributed by atoms with Crippen LogP contribution in [0.25, 0.3) is 0 Å². The molecule has 1 heterocycles. The summed E-state index contributed by atoms with van der Waals surface area (Å²) in [6.07, 6.45) is 8.15. The van der Waals surface area contributed by atoms with Crippen LogP contribution in [-0.4, -0.2) is 10.1 Å². The third-order valence-electron chi connectivity index (χ3n) is 4.44. The number of hydrogen-bond acceptors (Lipinski definition) is 2. The number of aliphatic hydroxyl groups is 1. The van der Waals surface area contributed by atoms with Crippen LogP contribution in [0.2, 0.25) is 0 Å². The Bertz CT molecular complexity index is 380. The van der Waals surface area contributed by atoms with E-state index in [0.717, 1.165) is 35.8 Å². The topological polar surface area (TPSA) is 33.1 Å². The number of pyridine rings is 1. The first-order chi connectivity index (χ1) is 8.58. The monoisotopic (exact) mass is 247 g/mol. The highest BCUT2D eigenvalue weighted by atomic mass is 16.3. The van der Waals surface area contributed by atoms with E-state index in [2.05, 4.69) is 24.9 Å². The Morgan fingerprint density at radius 1 is 1.11 bits per heavy atom. The smallest absolute Gasteiger partial charge is 0.0833 e. The second kappa shape index (κ2) is 5.83. The molecule has 0 spiro atoms. The van der Waals surface area contributed by atoms with E-state index in [0.29, 0.717) is 5.92 Å². The Hall–Kier alpha value is -0.890. The third-order valence-corrected chi connectivity index (χ3v) is 4.44. The molecule has 1 aliphatic rings. The van der Waals surface area contributed by atoms with Crippen molar-refractivity contribution in [2.75, 3.05) is 0 Å². The minimum atomic E-state index is -0.328. The summed E-state index contributed by atoms with van der Waals surface area (Å²) in [5, 5.41) is 10.5. The Morgan fingerprint density at radius 2 is 1.72 bits per heavy atom. The molecule has 0 radical (unpaired) electrons. The first-order valence-electron chi connectivity index (χ1n) is 7.17. The van der Waals surface area contributed by atoms with E-state index in [4.69, 9.17) is 0 Å². The zero-order valence-electron chi connectivity index (χ0n) is 11.8. The van der Waals surface area contributed by atoms with Crippen LogP contribution >= 0.6 is 0 Å². The molecule has 1 atom stereocenters. The largest absolute Gasteiger partial charge is 0.388 e. The van der Waals surface area contributed by atoms with Crippen LogP contribution in [0.5, 0.6) is 0 Å². The van der Waals surface area contributed by atoms with Gasteiger partial charge in [0, 0.05) is 12.4 Å². The molecule has 0 amide bonds. The molecule has 0 aliphatic heterocycles. The van der Waals surface area contributed by atoms with Gasteiger partial charge in [-0.3, -0.25) is 4.98 Å². The molecule has 2 nitrogen and oxygen atoms in total. The lowest BCUT2D eigenvalue weighted by molar-refractivity contribution is 0.0665. The highest BCUT2D eigenvalue weighted by Crippen LogP contribution is 2.39. The first-order valence-corrected chi connectivity index (χ1v) is 7.17. The number of rotatable bonds is 3. The summed E-state index contributed by atoms with van der Waals surface area (Å²) >= 11 is 0. The molecule has 1 aromatic rings. The van der Waals surface area contributed by atoms with Gasteiger partial charge in [-0.05, 0) is 61.5 Å². The van der Waals surface area contributed by atoms with Crippen molar-refractivity contribution in [3.05, 3.63) is 29.6 Å². The molecule has 2 heteroatoms. The second-order valence-electron chi connectivity index (χ2n) is 6.16. The zero-order valence-corrected chi connectivity index (χ0v) is 11.8. The molecule has 1 saturated carbocycles. The van der Waals surface area contributed by atoms with Crippen molar-refractivity contribution < 1.29 is 5.11 Å². The fraction of sp³-hybridized carbons (Fsp3) is 0.688. The third kappa shape index (κ3) is 3.11. The lowest BCUT2D eigenvalue weighted by Gasteiger charge is -2.33. The van der Waals surface area contributed by atoms with Crippen LogP contribution in [0.15, 0.2) is 18.5 Å². The maximum absolute atomic E-state index is 10.5.